The van der Waals surface area contributed by atoms with Crippen molar-refractivity contribution in [1.29, 1.82) is 0 Å². The third-order valence-corrected chi connectivity index (χ3v) is 3.95. The number of benzene rings is 1. The highest BCUT2D eigenvalue weighted by atomic mass is 16.2. The average Bonchev–Trinajstić information content (AvgIpc) is 3.17. The van der Waals surface area contributed by atoms with Crippen LogP contribution in [0.2, 0.25) is 0 Å². The Morgan fingerprint density at radius 2 is 2.05 bits per heavy atom. The van der Waals surface area contributed by atoms with E-state index in [1.165, 1.54) is 18.4 Å². The van der Waals surface area contributed by atoms with E-state index in [2.05, 4.69) is 29.6 Å². The lowest BCUT2D eigenvalue weighted by Gasteiger charge is -2.18. The summed E-state index contributed by atoms with van der Waals surface area (Å²) >= 11 is 0. The molecule has 0 radical (unpaired) electrons. The Kier molecular flexibility index (Phi) is 4.59. The van der Waals surface area contributed by atoms with Crippen LogP contribution in [0.15, 0.2) is 30.3 Å². The molecule has 104 valence electrons. The largest absolute Gasteiger partial charge is 0.354 e. The van der Waals surface area contributed by atoms with Crippen LogP contribution in [-0.4, -0.2) is 18.5 Å². The molecule has 1 aromatic carbocycles. The van der Waals surface area contributed by atoms with E-state index in [9.17, 15) is 4.79 Å². The quantitative estimate of drug-likeness (QED) is 0.790. The standard InChI is InChI=1S/C16H24N2O/c1-2-6-14(17)15(19)18-12-16(9-10-16)11-13-7-4-3-5-8-13/h3-5,7-8,14H,2,6,9-12,17H2,1H3,(H,18,19). The molecule has 1 unspecified atom stereocenters. The number of rotatable bonds is 7. The van der Waals surface area contributed by atoms with Gasteiger partial charge in [-0.15, -0.1) is 0 Å². The van der Waals surface area contributed by atoms with E-state index in [1.807, 2.05) is 13.0 Å². The number of hydrogen-bond donors (Lipinski definition) is 2. The van der Waals surface area contributed by atoms with Crippen molar-refractivity contribution >= 4 is 5.91 Å². The summed E-state index contributed by atoms with van der Waals surface area (Å²) in [5.41, 5.74) is 7.45. The summed E-state index contributed by atoms with van der Waals surface area (Å²) in [6.45, 7) is 2.81. The fraction of sp³-hybridized carbons (Fsp3) is 0.562. The van der Waals surface area contributed by atoms with Crippen LogP contribution in [0.25, 0.3) is 0 Å². The molecule has 19 heavy (non-hydrogen) atoms. The van der Waals surface area contributed by atoms with Crippen LogP contribution < -0.4 is 11.1 Å². The first-order valence-electron chi connectivity index (χ1n) is 7.22. The molecule has 1 saturated carbocycles. The molecule has 1 atom stereocenters. The van der Waals surface area contributed by atoms with Gasteiger partial charge in [-0.1, -0.05) is 43.7 Å². The van der Waals surface area contributed by atoms with Crippen LogP contribution in [0.3, 0.4) is 0 Å². The second-order valence-electron chi connectivity index (χ2n) is 5.78. The lowest BCUT2D eigenvalue weighted by atomic mass is 9.96. The summed E-state index contributed by atoms with van der Waals surface area (Å²) in [5.74, 6) is 0.00110. The monoisotopic (exact) mass is 260 g/mol. The number of amides is 1. The molecule has 1 amide bonds. The van der Waals surface area contributed by atoms with Crippen LogP contribution in [0.5, 0.6) is 0 Å². The van der Waals surface area contributed by atoms with E-state index >= 15 is 0 Å². The lowest BCUT2D eigenvalue weighted by Crippen LogP contribution is -2.43. The van der Waals surface area contributed by atoms with Crippen molar-refractivity contribution < 1.29 is 4.79 Å². The molecule has 3 nitrogen and oxygen atoms in total. The molecule has 2 rings (SSSR count). The molecule has 3 N–H and O–H groups in total. The second-order valence-corrected chi connectivity index (χ2v) is 5.78. The number of nitrogens with two attached hydrogens (primary N) is 1. The Morgan fingerprint density at radius 1 is 1.37 bits per heavy atom. The first kappa shape index (κ1) is 14.1. The van der Waals surface area contributed by atoms with Crippen LogP contribution in [0.1, 0.15) is 38.2 Å². The molecule has 1 aliphatic carbocycles. The van der Waals surface area contributed by atoms with Gasteiger partial charge in [0.05, 0.1) is 6.04 Å². The third kappa shape index (κ3) is 4.06. The van der Waals surface area contributed by atoms with Crippen molar-refractivity contribution in [3.63, 3.8) is 0 Å². The highest BCUT2D eigenvalue weighted by Gasteiger charge is 2.42. The highest BCUT2D eigenvalue weighted by Crippen LogP contribution is 2.47. The van der Waals surface area contributed by atoms with Crippen molar-refractivity contribution in [2.45, 2.75) is 45.1 Å². The van der Waals surface area contributed by atoms with Crippen LogP contribution in [0, 0.1) is 5.41 Å². The molecule has 0 heterocycles. The maximum atomic E-state index is 11.8. The van der Waals surface area contributed by atoms with Crippen molar-refractivity contribution in [2.24, 2.45) is 11.1 Å². The maximum Gasteiger partial charge on any atom is 0.236 e. The number of carbonyl (C=O) groups is 1. The van der Waals surface area contributed by atoms with Crippen molar-refractivity contribution in [3.8, 4) is 0 Å². The summed E-state index contributed by atoms with van der Waals surface area (Å²) in [6, 6.07) is 10.1. The predicted octanol–water partition coefficient (Wildman–Crippen LogP) is 2.25. The summed E-state index contributed by atoms with van der Waals surface area (Å²) in [5, 5.41) is 3.03. The second kappa shape index (κ2) is 6.20. The number of nitrogens with one attached hydrogen (secondary N) is 1. The van der Waals surface area contributed by atoms with Gasteiger partial charge in [0.1, 0.15) is 0 Å². The Hall–Kier alpha value is -1.35. The normalized spacial score (nSPS) is 17.8. The lowest BCUT2D eigenvalue weighted by molar-refractivity contribution is -0.122. The Labute approximate surface area is 115 Å². The number of hydrogen-bond acceptors (Lipinski definition) is 2. The topological polar surface area (TPSA) is 55.1 Å². The molecule has 0 bridgehead atoms. The van der Waals surface area contributed by atoms with Gasteiger partial charge in [-0.05, 0) is 36.7 Å². The minimum Gasteiger partial charge on any atom is -0.354 e. The Morgan fingerprint density at radius 3 is 2.63 bits per heavy atom. The molecule has 0 aliphatic heterocycles. The first-order chi connectivity index (χ1) is 9.15. The van der Waals surface area contributed by atoms with E-state index < -0.39 is 0 Å². The first-order valence-corrected chi connectivity index (χ1v) is 7.22. The summed E-state index contributed by atoms with van der Waals surface area (Å²) in [6.07, 6.45) is 5.16. The Bertz CT molecular complexity index is 412. The van der Waals surface area contributed by atoms with Gasteiger partial charge in [0.15, 0.2) is 0 Å². The fourth-order valence-electron chi connectivity index (χ4n) is 2.47. The molecule has 1 aliphatic rings. The van der Waals surface area contributed by atoms with Crippen LogP contribution in [-0.2, 0) is 11.2 Å². The average molecular weight is 260 g/mol. The van der Waals surface area contributed by atoms with Crippen molar-refractivity contribution in [3.05, 3.63) is 35.9 Å². The van der Waals surface area contributed by atoms with Gasteiger partial charge in [-0.2, -0.15) is 0 Å². The van der Waals surface area contributed by atoms with Gasteiger partial charge in [0.25, 0.3) is 0 Å². The minimum absolute atomic E-state index is 0.00110. The molecular formula is C16H24N2O. The molecule has 0 saturated heterocycles. The molecule has 3 heteroatoms. The van der Waals surface area contributed by atoms with Crippen LogP contribution in [0.4, 0.5) is 0 Å². The zero-order valence-electron chi connectivity index (χ0n) is 11.7. The van der Waals surface area contributed by atoms with Gasteiger partial charge >= 0.3 is 0 Å². The summed E-state index contributed by atoms with van der Waals surface area (Å²) < 4.78 is 0. The van der Waals surface area contributed by atoms with Gasteiger partial charge in [-0.25, -0.2) is 0 Å². The van der Waals surface area contributed by atoms with Gasteiger partial charge in [-0.3, -0.25) is 4.79 Å². The van der Waals surface area contributed by atoms with Gasteiger partial charge < -0.3 is 11.1 Å². The van der Waals surface area contributed by atoms with E-state index in [4.69, 9.17) is 5.73 Å². The van der Waals surface area contributed by atoms with E-state index in [0.717, 1.165) is 25.8 Å². The van der Waals surface area contributed by atoms with Crippen molar-refractivity contribution in [2.75, 3.05) is 6.54 Å². The molecular weight excluding hydrogens is 236 g/mol. The van der Waals surface area contributed by atoms with Crippen molar-refractivity contribution in [1.82, 2.24) is 5.32 Å². The minimum atomic E-state index is -0.350. The van der Waals surface area contributed by atoms with E-state index in [0.29, 0.717) is 0 Å². The highest BCUT2D eigenvalue weighted by molar-refractivity contribution is 5.81. The predicted molar refractivity (Wildman–Crippen MR) is 77.7 cm³/mol. The molecule has 0 aromatic heterocycles. The smallest absolute Gasteiger partial charge is 0.236 e. The van der Waals surface area contributed by atoms with E-state index in [1.54, 1.807) is 0 Å². The zero-order chi connectivity index (χ0) is 13.7. The van der Waals surface area contributed by atoms with Gasteiger partial charge in [0.2, 0.25) is 5.91 Å². The zero-order valence-corrected chi connectivity index (χ0v) is 11.7. The summed E-state index contributed by atoms with van der Waals surface area (Å²) in [4.78, 5) is 11.8. The van der Waals surface area contributed by atoms with Crippen LogP contribution >= 0.6 is 0 Å². The van der Waals surface area contributed by atoms with Gasteiger partial charge in [0, 0.05) is 6.54 Å². The molecule has 0 spiro atoms. The fourth-order valence-corrected chi connectivity index (χ4v) is 2.47. The SMILES string of the molecule is CCCC(N)C(=O)NCC1(Cc2ccccc2)CC1. The maximum absolute atomic E-state index is 11.8. The van der Waals surface area contributed by atoms with E-state index in [-0.39, 0.29) is 17.4 Å². The molecule has 1 fully saturated rings. The molecule has 1 aromatic rings. The number of carbonyl (C=O) groups excluding carboxylic acids is 1. The Balaban J connectivity index is 1.81. The summed E-state index contributed by atoms with van der Waals surface area (Å²) in [7, 11) is 0. The third-order valence-electron chi connectivity index (χ3n) is 3.95.